The first-order chi connectivity index (χ1) is 12.3. The Labute approximate surface area is 155 Å². The van der Waals surface area contributed by atoms with Crippen LogP contribution >= 0.6 is 11.6 Å². The van der Waals surface area contributed by atoms with Crippen molar-refractivity contribution >= 4 is 23.3 Å². The van der Waals surface area contributed by atoms with Gasteiger partial charge in [-0.25, -0.2) is 4.98 Å². The summed E-state index contributed by atoms with van der Waals surface area (Å²) in [5, 5.41) is 3.25. The number of nitrogens with one attached hydrogen (secondary N) is 1. The van der Waals surface area contributed by atoms with E-state index < -0.39 is 11.7 Å². The Morgan fingerprint density at radius 2 is 2.00 bits per heavy atom. The highest BCUT2D eigenvalue weighted by Crippen LogP contribution is 2.34. The van der Waals surface area contributed by atoms with Crippen molar-refractivity contribution in [3.63, 3.8) is 0 Å². The van der Waals surface area contributed by atoms with E-state index >= 15 is 0 Å². The van der Waals surface area contributed by atoms with Gasteiger partial charge in [0.25, 0.3) is 0 Å². The maximum Gasteiger partial charge on any atom is 0.417 e. The van der Waals surface area contributed by atoms with Crippen LogP contribution in [0.1, 0.15) is 25.3 Å². The first kappa shape index (κ1) is 19.2. The average Bonchev–Trinajstić information content (AvgIpc) is 2.61. The number of piperazine rings is 1. The summed E-state index contributed by atoms with van der Waals surface area (Å²) in [5.74, 6) is 0.464. The zero-order chi connectivity index (χ0) is 18.9. The van der Waals surface area contributed by atoms with E-state index in [1.807, 2.05) is 16.7 Å². The number of hydrogen-bond donors (Lipinski definition) is 1. The molecule has 2 saturated heterocycles. The van der Waals surface area contributed by atoms with E-state index in [9.17, 15) is 18.0 Å². The van der Waals surface area contributed by atoms with Crippen LogP contribution in [0.15, 0.2) is 12.3 Å². The van der Waals surface area contributed by atoms with Gasteiger partial charge in [0.2, 0.25) is 5.91 Å². The van der Waals surface area contributed by atoms with E-state index in [0.29, 0.717) is 38.3 Å². The number of anilines is 1. The van der Waals surface area contributed by atoms with Crippen LogP contribution in [0, 0.1) is 5.92 Å². The second kappa shape index (κ2) is 7.60. The Morgan fingerprint density at radius 1 is 1.31 bits per heavy atom. The second-order valence-electron chi connectivity index (χ2n) is 6.87. The predicted octanol–water partition coefficient (Wildman–Crippen LogP) is 2.79. The third-order valence-electron chi connectivity index (χ3n) is 5.08. The lowest BCUT2D eigenvalue weighted by atomic mass is 9.94. The van der Waals surface area contributed by atoms with Crippen molar-refractivity contribution in [2.45, 2.75) is 32.0 Å². The average molecular weight is 391 g/mol. The molecule has 0 bridgehead atoms. The lowest BCUT2D eigenvalue weighted by Gasteiger charge is -2.39. The molecule has 5 nitrogen and oxygen atoms in total. The van der Waals surface area contributed by atoms with E-state index in [2.05, 4.69) is 10.3 Å². The largest absolute Gasteiger partial charge is 0.417 e. The lowest BCUT2D eigenvalue weighted by molar-refractivity contribution is -0.139. The van der Waals surface area contributed by atoms with Crippen molar-refractivity contribution in [1.29, 1.82) is 0 Å². The van der Waals surface area contributed by atoms with Gasteiger partial charge in [-0.1, -0.05) is 11.6 Å². The molecule has 2 aliphatic rings. The molecule has 1 amide bonds. The summed E-state index contributed by atoms with van der Waals surface area (Å²) in [6.07, 6.45) is -2.36. The number of aromatic nitrogens is 1. The number of carbonyl (C=O) groups excluding carboxylic acids is 1. The van der Waals surface area contributed by atoms with Gasteiger partial charge in [0.15, 0.2) is 0 Å². The highest BCUT2D eigenvalue weighted by atomic mass is 35.5. The molecule has 0 aliphatic carbocycles. The molecule has 2 aliphatic heterocycles. The Balaban J connectivity index is 1.62. The van der Waals surface area contributed by atoms with Gasteiger partial charge in [-0.15, -0.1) is 0 Å². The fraction of sp³-hybridized carbons (Fsp3) is 0.647. The van der Waals surface area contributed by atoms with Crippen LogP contribution in [0.3, 0.4) is 0 Å². The normalized spacial score (nSPS) is 22.6. The van der Waals surface area contributed by atoms with Crippen molar-refractivity contribution in [2.75, 3.05) is 37.6 Å². The molecule has 0 aromatic carbocycles. The summed E-state index contributed by atoms with van der Waals surface area (Å²) in [6.45, 7) is 5.46. The van der Waals surface area contributed by atoms with Crippen molar-refractivity contribution in [2.24, 2.45) is 5.92 Å². The molecule has 0 spiro atoms. The van der Waals surface area contributed by atoms with Crippen molar-refractivity contribution < 1.29 is 18.0 Å². The minimum Gasteiger partial charge on any atom is -0.355 e. The topological polar surface area (TPSA) is 48.5 Å². The highest BCUT2D eigenvalue weighted by molar-refractivity contribution is 6.33. The molecule has 3 heterocycles. The summed E-state index contributed by atoms with van der Waals surface area (Å²) in [7, 11) is 0. The summed E-state index contributed by atoms with van der Waals surface area (Å²) >= 11 is 6.02. The molecular formula is C17H22ClF3N4O. The van der Waals surface area contributed by atoms with E-state index in [1.54, 1.807) is 0 Å². The van der Waals surface area contributed by atoms with E-state index in [1.165, 1.54) is 0 Å². The number of nitrogens with zero attached hydrogens (tertiary/aromatic N) is 3. The number of carbonyl (C=O) groups is 1. The van der Waals surface area contributed by atoms with Crippen LogP contribution < -0.4 is 10.2 Å². The fourth-order valence-electron chi connectivity index (χ4n) is 3.56. The third kappa shape index (κ3) is 4.06. The molecule has 9 heteroatoms. The van der Waals surface area contributed by atoms with Gasteiger partial charge in [0.1, 0.15) is 5.82 Å². The van der Waals surface area contributed by atoms with Crippen LogP contribution in [0.2, 0.25) is 5.02 Å². The van der Waals surface area contributed by atoms with E-state index in [0.717, 1.165) is 25.4 Å². The molecule has 1 atom stereocenters. The molecule has 1 aromatic heterocycles. The molecule has 2 fully saturated rings. The van der Waals surface area contributed by atoms with Crippen LogP contribution in [-0.2, 0) is 11.0 Å². The SMILES string of the molecule is C[C@@H]1CNCCN1C(=O)C1CCN(c2ncc(C(F)(F)F)cc2Cl)CC1. The number of halogens is 4. The lowest BCUT2D eigenvalue weighted by Crippen LogP contribution is -2.54. The second-order valence-corrected chi connectivity index (χ2v) is 7.28. The first-order valence-corrected chi connectivity index (χ1v) is 9.14. The summed E-state index contributed by atoms with van der Waals surface area (Å²) in [6, 6.07) is 1.09. The standard InChI is InChI=1S/C17H22ClF3N4O/c1-11-9-22-4-7-25(11)16(26)12-2-5-24(6-3-12)15-14(18)8-13(10-23-15)17(19,20)21/h8,10-12,22H,2-7,9H2,1H3/t11-/m1/s1. The zero-order valence-corrected chi connectivity index (χ0v) is 15.3. The number of rotatable bonds is 2. The number of piperidine rings is 1. The summed E-state index contributed by atoms with van der Waals surface area (Å²) in [4.78, 5) is 20.4. The monoisotopic (exact) mass is 390 g/mol. The molecule has 1 N–H and O–H groups in total. The van der Waals surface area contributed by atoms with E-state index in [4.69, 9.17) is 11.6 Å². The van der Waals surface area contributed by atoms with Crippen LogP contribution in [0.5, 0.6) is 0 Å². The van der Waals surface area contributed by atoms with Crippen molar-refractivity contribution in [3.05, 3.63) is 22.8 Å². The number of amides is 1. The number of hydrogen-bond acceptors (Lipinski definition) is 4. The molecular weight excluding hydrogens is 369 g/mol. The Morgan fingerprint density at radius 3 is 2.58 bits per heavy atom. The Kier molecular flexibility index (Phi) is 5.62. The predicted molar refractivity (Wildman–Crippen MR) is 93.2 cm³/mol. The molecule has 0 radical (unpaired) electrons. The highest BCUT2D eigenvalue weighted by Gasteiger charge is 2.34. The van der Waals surface area contributed by atoms with Crippen LogP contribution in [0.4, 0.5) is 19.0 Å². The van der Waals surface area contributed by atoms with Gasteiger partial charge in [-0.05, 0) is 25.8 Å². The summed E-state index contributed by atoms with van der Waals surface area (Å²) in [5.41, 5.74) is -0.857. The van der Waals surface area contributed by atoms with E-state index in [-0.39, 0.29) is 22.9 Å². The van der Waals surface area contributed by atoms with Crippen LogP contribution in [0.25, 0.3) is 0 Å². The zero-order valence-electron chi connectivity index (χ0n) is 14.5. The molecule has 0 saturated carbocycles. The van der Waals surface area contributed by atoms with Gasteiger partial charge in [-0.3, -0.25) is 4.79 Å². The van der Waals surface area contributed by atoms with Crippen LogP contribution in [-0.4, -0.2) is 54.6 Å². The summed E-state index contributed by atoms with van der Waals surface area (Å²) < 4.78 is 38.2. The molecule has 144 valence electrons. The minimum absolute atomic E-state index is 0.0136. The van der Waals surface area contributed by atoms with Crippen molar-refractivity contribution in [3.8, 4) is 0 Å². The maximum atomic E-state index is 12.7. The van der Waals surface area contributed by atoms with Crippen molar-refractivity contribution in [1.82, 2.24) is 15.2 Å². The van der Waals surface area contributed by atoms with Gasteiger partial charge < -0.3 is 15.1 Å². The number of alkyl halides is 3. The van der Waals surface area contributed by atoms with Gasteiger partial charge >= 0.3 is 6.18 Å². The number of pyridine rings is 1. The smallest absolute Gasteiger partial charge is 0.355 e. The molecule has 0 unspecified atom stereocenters. The third-order valence-corrected chi connectivity index (χ3v) is 5.36. The van der Waals surface area contributed by atoms with Gasteiger partial charge in [-0.2, -0.15) is 13.2 Å². The quantitative estimate of drug-likeness (QED) is 0.843. The fourth-order valence-corrected chi connectivity index (χ4v) is 3.85. The first-order valence-electron chi connectivity index (χ1n) is 8.76. The maximum absolute atomic E-state index is 12.7. The molecule has 1 aromatic rings. The Bertz CT molecular complexity index is 662. The minimum atomic E-state index is -4.46. The Hall–Kier alpha value is -1.54. The van der Waals surface area contributed by atoms with Gasteiger partial charge in [0.05, 0.1) is 10.6 Å². The molecule has 26 heavy (non-hydrogen) atoms. The van der Waals surface area contributed by atoms with Gasteiger partial charge in [0, 0.05) is 50.9 Å². The molecule has 3 rings (SSSR count).